The van der Waals surface area contributed by atoms with Crippen molar-refractivity contribution in [2.45, 2.75) is 39.8 Å². The summed E-state index contributed by atoms with van der Waals surface area (Å²) in [5, 5.41) is 4.14. The van der Waals surface area contributed by atoms with E-state index in [9.17, 15) is 0 Å². The molecule has 0 amide bonds. The van der Waals surface area contributed by atoms with Gasteiger partial charge in [-0.25, -0.2) is 4.98 Å². The molecule has 0 spiro atoms. The minimum atomic E-state index is 0. The number of nitrogens with zero attached hydrogens (tertiary/aromatic N) is 3. The Morgan fingerprint density at radius 1 is 1.17 bits per heavy atom. The molecule has 1 aromatic heterocycles. The molecule has 4 rings (SSSR count). The maximum absolute atomic E-state index is 6.27. The average Bonchev–Trinajstić information content (AvgIpc) is 2.72. The zero-order valence-corrected chi connectivity index (χ0v) is 19.0. The summed E-state index contributed by atoms with van der Waals surface area (Å²) in [6.45, 7) is 7.69. The Hall–Kier alpha value is -2.34. The summed E-state index contributed by atoms with van der Waals surface area (Å²) < 4.78 is 0. The zero-order valence-electron chi connectivity index (χ0n) is 17.4. The van der Waals surface area contributed by atoms with Crippen LogP contribution in [0, 0.1) is 13.8 Å². The van der Waals surface area contributed by atoms with Crippen LogP contribution < -0.4 is 16.0 Å². The molecule has 1 unspecified atom stereocenters. The van der Waals surface area contributed by atoms with Gasteiger partial charge in [-0.2, -0.15) is 4.98 Å². The quantitative estimate of drug-likeness (QED) is 0.557. The first-order valence-corrected chi connectivity index (χ1v) is 10.3. The van der Waals surface area contributed by atoms with Crippen LogP contribution in [0.2, 0.25) is 5.02 Å². The van der Waals surface area contributed by atoms with Gasteiger partial charge in [0, 0.05) is 35.1 Å². The van der Waals surface area contributed by atoms with Gasteiger partial charge in [-0.3, -0.25) is 0 Å². The Kier molecular flexibility index (Phi) is 6.86. The number of aromatic nitrogens is 2. The van der Waals surface area contributed by atoms with Crippen LogP contribution in [0.3, 0.4) is 0 Å². The number of aryl methyl sites for hydroxylation is 1. The number of rotatable bonds is 4. The SMILES string of the molecule is Cc1nc(Nc2ccccc2CN)nc(N2CCc3ccc(Cl)cc3C2C)c1C.Cl. The molecule has 0 radical (unpaired) electrons. The van der Waals surface area contributed by atoms with E-state index in [1.165, 1.54) is 11.1 Å². The second kappa shape index (κ2) is 9.21. The van der Waals surface area contributed by atoms with Gasteiger partial charge in [-0.15, -0.1) is 12.4 Å². The summed E-state index contributed by atoms with van der Waals surface area (Å²) in [4.78, 5) is 11.9. The smallest absolute Gasteiger partial charge is 0.229 e. The van der Waals surface area contributed by atoms with E-state index in [2.05, 4.69) is 41.2 Å². The van der Waals surface area contributed by atoms with E-state index in [1.54, 1.807) is 0 Å². The zero-order chi connectivity index (χ0) is 20.5. The van der Waals surface area contributed by atoms with E-state index >= 15 is 0 Å². The predicted octanol–water partition coefficient (Wildman–Crippen LogP) is 5.49. The minimum Gasteiger partial charge on any atom is -0.349 e. The fourth-order valence-corrected chi connectivity index (χ4v) is 4.14. The molecule has 1 aliphatic rings. The summed E-state index contributed by atoms with van der Waals surface area (Å²) in [6.07, 6.45) is 0.970. The van der Waals surface area contributed by atoms with Gasteiger partial charge < -0.3 is 16.0 Å². The van der Waals surface area contributed by atoms with Gasteiger partial charge in [-0.05, 0) is 62.1 Å². The highest BCUT2D eigenvalue weighted by Crippen LogP contribution is 2.36. The van der Waals surface area contributed by atoms with E-state index in [0.717, 1.165) is 46.3 Å². The van der Waals surface area contributed by atoms with Gasteiger partial charge in [-0.1, -0.05) is 35.9 Å². The van der Waals surface area contributed by atoms with Crippen molar-refractivity contribution < 1.29 is 0 Å². The van der Waals surface area contributed by atoms with Crippen molar-refractivity contribution in [3.05, 3.63) is 75.4 Å². The molecule has 0 bridgehead atoms. The van der Waals surface area contributed by atoms with Crippen LogP contribution in [0.5, 0.6) is 0 Å². The summed E-state index contributed by atoms with van der Waals surface area (Å²) in [5.41, 5.74) is 12.5. The lowest BCUT2D eigenvalue weighted by Crippen LogP contribution is -2.35. The molecular weight excluding hydrogens is 417 g/mol. The molecule has 2 heterocycles. The molecule has 3 aromatic rings. The summed E-state index contributed by atoms with van der Waals surface area (Å²) in [7, 11) is 0. The van der Waals surface area contributed by atoms with E-state index < -0.39 is 0 Å². The van der Waals surface area contributed by atoms with E-state index in [-0.39, 0.29) is 18.4 Å². The van der Waals surface area contributed by atoms with Gasteiger partial charge in [0.05, 0.1) is 6.04 Å². The van der Waals surface area contributed by atoms with Crippen LogP contribution in [-0.2, 0) is 13.0 Å². The number of anilines is 3. The Morgan fingerprint density at radius 3 is 2.70 bits per heavy atom. The van der Waals surface area contributed by atoms with Crippen LogP contribution in [0.25, 0.3) is 0 Å². The molecule has 0 aliphatic carbocycles. The predicted molar refractivity (Wildman–Crippen MR) is 127 cm³/mol. The van der Waals surface area contributed by atoms with Crippen LogP contribution in [-0.4, -0.2) is 16.5 Å². The molecular formula is C23H27Cl2N5. The molecule has 7 heteroatoms. The molecule has 2 aromatic carbocycles. The fourth-order valence-electron chi connectivity index (χ4n) is 3.96. The molecule has 1 aliphatic heterocycles. The van der Waals surface area contributed by atoms with Gasteiger partial charge in [0.2, 0.25) is 5.95 Å². The normalized spacial score (nSPS) is 15.4. The number of nitrogens with one attached hydrogen (secondary N) is 1. The number of fused-ring (bicyclic) bond motifs is 1. The highest BCUT2D eigenvalue weighted by Gasteiger charge is 2.27. The second-order valence-corrected chi connectivity index (χ2v) is 7.97. The van der Waals surface area contributed by atoms with Gasteiger partial charge in [0.25, 0.3) is 0 Å². The molecule has 1 atom stereocenters. The van der Waals surface area contributed by atoms with Crippen molar-refractivity contribution in [1.29, 1.82) is 0 Å². The molecule has 0 saturated carbocycles. The Bertz CT molecular complexity index is 1050. The van der Waals surface area contributed by atoms with Crippen molar-refractivity contribution >= 4 is 41.5 Å². The van der Waals surface area contributed by atoms with Crippen molar-refractivity contribution in [3.63, 3.8) is 0 Å². The van der Waals surface area contributed by atoms with Crippen LogP contribution in [0.1, 0.15) is 40.9 Å². The Balaban J connectivity index is 0.00000256. The number of nitrogens with two attached hydrogens (primary N) is 1. The van der Waals surface area contributed by atoms with Crippen LogP contribution >= 0.6 is 24.0 Å². The molecule has 5 nitrogen and oxygen atoms in total. The molecule has 0 fully saturated rings. The second-order valence-electron chi connectivity index (χ2n) is 7.53. The fraction of sp³-hybridized carbons (Fsp3) is 0.304. The van der Waals surface area contributed by atoms with Crippen molar-refractivity contribution in [3.8, 4) is 0 Å². The third kappa shape index (κ3) is 4.24. The van der Waals surface area contributed by atoms with Crippen LogP contribution in [0.15, 0.2) is 42.5 Å². The lowest BCUT2D eigenvalue weighted by atomic mass is 9.93. The highest BCUT2D eigenvalue weighted by molar-refractivity contribution is 6.30. The largest absolute Gasteiger partial charge is 0.349 e. The first-order chi connectivity index (χ1) is 14.0. The van der Waals surface area contributed by atoms with Gasteiger partial charge >= 0.3 is 0 Å². The van der Waals surface area contributed by atoms with Crippen LogP contribution in [0.4, 0.5) is 17.5 Å². The number of halogens is 2. The summed E-state index contributed by atoms with van der Waals surface area (Å²) in [6, 6.07) is 14.4. The third-order valence-electron chi connectivity index (χ3n) is 5.77. The number of benzene rings is 2. The number of hydrogen-bond donors (Lipinski definition) is 2. The number of hydrogen-bond acceptors (Lipinski definition) is 5. The summed E-state index contributed by atoms with van der Waals surface area (Å²) >= 11 is 6.27. The van der Waals surface area contributed by atoms with Crippen molar-refractivity contribution in [2.75, 3.05) is 16.8 Å². The molecule has 30 heavy (non-hydrogen) atoms. The monoisotopic (exact) mass is 443 g/mol. The lowest BCUT2D eigenvalue weighted by Gasteiger charge is -2.37. The highest BCUT2D eigenvalue weighted by atomic mass is 35.5. The summed E-state index contributed by atoms with van der Waals surface area (Å²) in [5.74, 6) is 1.55. The molecule has 3 N–H and O–H groups in total. The molecule has 158 valence electrons. The average molecular weight is 444 g/mol. The number of para-hydroxylation sites is 1. The van der Waals surface area contributed by atoms with E-state index in [1.807, 2.05) is 37.3 Å². The maximum atomic E-state index is 6.27. The van der Waals surface area contributed by atoms with E-state index in [0.29, 0.717) is 12.5 Å². The topological polar surface area (TPSA) is 67.1 Å². The molecule has 0 saturated heterocycles. The first-order valence-electron chi connectivity index (χ1n) is 9.93. The maximum Gasteiger partial charge on any atom is 0.229 e. The van der Waals surface area contributed by atoms with E-state index in [4.69, 9.17) is 22.3 Å². The first kappa shape index (κ1) is 22.3. The third-order valence-corrected chi connectivity index (χ3v) is 6.00. The standard InChI is InChI=1S/C23H26ClN5.ClH/c1-14-15(2)26-23(27-21-7-5-4-6-18(21)13-25)28-22(14)29-11-10-17-8-9-19(24)12-20(17)16(29)3;/h4-9,12,16H,10-11,13,25H2,1-3H3,(H,26,27,28);1H. The van der Waals surface area contributed by atoms with Crippen molar-refractivity contribution in [1.82, 2.24) is 9.97 Å². The van der Waals surface area contributed by atoms with Gasteiger partial charge in [0.1, 0.15) is 5.82 Å². The Morgan fingerprint density at radius 2 is 1.93 bits per heavy atom. The van der Waals surface area contributed by atoms with Crippen molar-refractivity contribution in [2.24, 2.45) is 5.73 Å². The van der Waals surface area contributed by atoms with Gasteiger partial charge in [0.15, 0.2) is 0 Å². The minimum absolute atomic E-state index is 0. The Labute approximate surface area is 189 Å². The lowest BCUT2D eigenvalue weighted by molar-refractivity contribution is 0.614.